The molecule has 2 aromatic rings. The first-order valence-corrected chi connectivity index (χ1v) is 15.4. The van der Waals surface area contributed by atoms with E-state index in [4.69, 9.17) is 0 Å². The summed E-state index contributed by atoms with van der Waals surface area (Å²) in [6.07, 6.45) is 7.49. The number of benzene rings is 1. The summed E-state index contributed by atoms with van der Waals surface area (Å²) in [4.78, 5) is 42.8. The van der Waals surface area contributed by atoms with Gasteiger partial charge in [-0.3, -0.25) is 14.4 Å². The number of rotatable bonds is 18. The SMILES string of the molecule is CCCC[N+]([O-])(CCCC)CNc1ccc(NC[N+]([O-])(CCCC)CCCC)c2c1C(=O)c1c(O)c[nH]c(=O)c1C2=O. The van der Waals surface area contributed by atoms with E-state index in [0.29, 0.717) is 26.2 Å². The van der Waals surface area contributed by atoms with Crippen molar-refractivity contribution in [2.45, 2.75) is 79.1 Å². The third-order valence-corrected chi connectivity index (χ3v) is 7.98. The monoisotopic (exact) mass is 585 g/mol. The van der Waals surface area contributed by atoms with Crippen molar-refractivity contribution < 1.29 is 24.0 Å². The van der Waals surface area contributed by atoms with Gasteiger partial charge in [0.2, 0.25) is 11.6 Å². The van der Waals surface area contributed by atoms with Crippen LogP contribution in [-0.4, -0.2) is 70.5 Å². The molecule has 0 amide bonds. The molecule has 0 fully saturated rings. The number of hydroxylamine groups is 6. The number of H-pyrrole nitrogens is 1. The lowest BCUT2D eigenvalue weighted by Crippen LogP contribution is -2.48. The van der Waals surface area contributed by atoms with Crippen molar-refractivity contribution in [2.24, 2.45) is 0 Å². The van der Waals surface area contributed by atoms with E-state index in [1.165, 1.54) is 0 Å². The van der Waals surface area contributed by atoms with Crippen LogP contribution >= 0.6 is 0 Å². The van der Waals surface area contributed by atoms with Crippen LogP contribution in [0.4, 0.5) is 11.4 Å². The van der Waals surface area contributed by atoms with E-state index < -0.39 is 37.7 Å². The highest BCUT2D eigenvalue weighted by Crippen LogP contribution is 2.38. The number of carbonyl (C=O) groups excluding carboxylic acids is 2. The van der Waals surface area contributed by atoms with Crippen LogP contribution in [0.2, 0.25) is 0 Å². The molecule has 0 atom stereocenters. The maximum absolute atomic E-state index is 13.9. The highest BCUT2D eigenvalue weighted by Gasteiger charge is 2.38. The van der Waals surface area contributed by atoms with Crippen LogP contribution in [0, 0.1) is 10.4 Å². The van der Waals surface area contributed by atoms with Crippen LogP contribution in [-0.2, 0) is 0 Å². The predicted molar refractivity (Wildman–Crippen MR) is 165 cm³/mol. The average Bonchev–Trinajstić information content (AvgIpc) is 2.98. The number of aromatic hydroxyl groups is 1. The summed E-state index contributed by atoms with van der Waals surface area (Å²) in [5.74, 6) is -1.93. The second-order valence-corrected chi connectivity index (χ2v) is 11.4. The molecule has 1 aliphatic rings. The molecule has 11 heteroatoms. The van der Waals surface area contributed by atoms with E-state index in [9.17, 15) is 29.9 Å². The Morgan fingerprint density at radius 2 is 1.05 bits per heavy atom. The molecule has 0 saturated carbocycles. The summed E-state index contributed by atoms with van der Waals surface area (Å²) < 4.78 is -0.993. The Morgan fingerprint density at radius 3 is 1.43 bits per heavy atom. The lowest BCUT2D eigenvalue weighted by Gasteiger charge is -2.43. The first-order chi connectivity index (χ1) is 20.0. The predicted octanol–water partition coefficient (Wildman–Crippen LogP) is 5.42. The van der Waals surface area contributed by atoms with Crippen LogP contribution in [0.5, 0.6) is 5.75 Å². The van der Waals surface area contributed by atoms with E-state index >= 15 is 0 Å². The topological polar surface area (TPSA) is 157 Å². The Balaban J connectivity index is 2.07. The number of hydrogen-bond donors (Lipinski definition) is 4. The molecule has 0 spiro atoms. The Morgan fingerprint density at radius 1 is 0.667 bits per heavy atom. The van der Waals surface area contributed by atoms with Gasteiger partial charge in [0.15, 0.2) is 13.3 Å². The van der Waals surface area contributed by atoms with Gasteiger partial charge in [-0.15, -0.1) is 0 Å². The number of fused-ring (bicyclic) bond motifs is 2. The second-order valence-electron chi connectivity index (χ2n) is 11.4. The van der Waals surface area contributed by atoms with Gasteiger partial charge in [-0.05, 0) is 37.8 Å². The molecule has 0 bridgehead atoms. The van der Waals surface area contributed by atoms with E-state index in [2.05, 4.69) is 15.6 Å². The molecule has 0 saturated heterocycles. The number of pyridine rings is 1. The quantitative estimate of drug-likeness (QED) is 0.0875. The van der Waals surface area contributed by atoms with E-state index in [0.717, 1.165) is 57.6 Å². The van der Waals surface area contributed by atoms with Crippen molar-refractivity contribution in [1.82, 2.24) is 4.98 Å². The third-order valence-electron chi connectivity index (χ3n) is 7.98. The minimum Gasteiger partial charge on any atom is -0.631 e. The molecule has 0 radical (unpaired) electrons. The first-order valence-electron chi connectivity index (χ1n) is 15.4. The normalized spacial score (nSPS) is 13.2. The van der Waals surface area contributed by atoms with Gasteiger partial charge in [0, 0.05) is 6.20 Å². The third kappa shape index (κ3) is 7.57. The van der Waals surface area contributed by atoms with Crippen LogP contribution in [0.25, 0.3) is 0 Å². The van der Waals surface area contributed by atoms with Gasteiger partial charge >= 0.3 is 0 Å². The van der Waals surface area contributed by atoms with Gasteiger partial charge in [-0.25, -0.2) is 0 Å². The van der Waals surface area contributed by atoms with Crippen LogP contribution in [0.1, 0.15) is 111 Å². The molecule has 3 rings (SSSR count). The zero-order valence-electron chi connectivity index (χ0n) is 25.5. The van der Waals surface area contributed by atoms with Crippen molar-refractivity contribution in [2.75, 3.05) is 50.1 Å². The fourth-order valence-electron chi connectivity index (χ4n) is 5.37. The van der Waals surface area contributed by atoms with Crippen molar-refractivity contribution in [3.05, 3.63) is 61.4 Å². The van der Waals surface area contributed by atoms with Gasteiger partial charge in [0.05, 0.1) is 54.2 Å². The van der Waals surface area contributed by atoms with Gasteiger partial charge < -0.3 is 40.4 Å². The standard InChI is InChI=1S/C31H47N5O6/c1-5-9-15-35(41,16-10-6-2)20-33-22-13-14-23(34-21-36(42,17-11-7-3)18-12-8-4)26-25(22)29(38)27-24(37)19-32-31(40)28(27)30(26)39/h13-14,19,33-34,37H,5-12,15-18,20-21H2,1-4H3,(H,32,40). The molecule has 232 valence electrons. The van der Waals surface area contributed by atoms with E-state index in [1.807, 2.05) is 27.7 Å². The number of carbonyl (C=O) groups is 2. The van der Waals surface area contributed by atoms with Crippen LogP contribution < -0.4 is 16.2 Å². The summed E-state index contributed by atoms with van der Waals surface area (Å²) in [7, 11) is 0. The summed E-state index contributed by atoms with van der Waals surface area (Å²) in [6, 6.07) is 3.22. The minimum absolute atomic E-state index is 0.0104. The van der Waals surface area contributed by atoms with Gasteiger partial charge in [-0.1, -0.05) is 53.4 Å². The smallest absolute Gasteiger partial charge is 0.260 e. The van der Waals surface area contributed by atoms with Gasteiger partial charge in [0.1, 0.15) is 11.3 Å². The lowest BCUT2D eigenvalue weighted by molar-refractivity contribution is -0.877. The number of aromatic nitrogens is 1. The molecule has 1 heterocycles. The lowest BCUT2D eigenvalue weighted by atomic mass is 9.82. The number of aromatic amines is 1. The van der Waals surface area contributed by atoms with Crippen LogP contribution in [0.15, 0.2) is 23.1 Å². The number of nitrogens with one attached hydrogen (secondary N) is 3. The Kier molecular flexibility index (Phi) is 11.7. The van der Waals surface area contributed by atoms with Crippen LogP contribution in [0.3, 0.4) is 0 Å². The Bertz CT molecular complexity index is 1290. The Hall–Kier alpha value is -3.25. The summed E-state index contributed by atoms with van der Waals surface area (Å²) in [5.41, 5.74) is -1.13. The van der Waals surface area contributed by atoms with Crippen molar-refractivity contribution in [1.29, 1.82) is 0 Å². The maximum atomic E-state index is 13.9. The fraction of sp³-hybridized carbons (Fsp3) is 0.581. The minimum atomic E-state index is -0.787. The molecular weight excluding hydrogens is 538 g/mol. The zero-order valence-corrected chi connectivity index (χ0v) is 25.5. The Labute approximate surface area is 248 Å². The molecule has 1 aliphatic carbocycles. The molecule has 42 heavy (non-hydrogen) atoms. The summed E-state index contributed by atoms with van der Waals surface area (Å²) in [6.45, 7) is 9.71. The summed E-state index contributed by atoms with van der Waals surface area (Å²) in [5, 5.41) is 44.0. The largest absolute Gasteiger partial charge is 0.631 e. The van der Waals surface area contributed by atoms with E-state index in [-0.39, 0.29) is 41.4 Å². The van der Waals surface area contributed by atoms with E-state index in [1.54, 1.807) is 12.1 Å². The highest BCUT2D eigenvalue weighted by atomic mass is 16.6. The van der Waals surface area contributed by atoms with Crippen molar-refractivity contribution in [3.8, 4) is 5.75 Å². The molecule has 1 aromatic carbocycles. The number of unbranched alkanes of at least 4 members (excludes halogenated alkanes) is 4. The first kappa shape index (κ1) is 33.3. The number of anilines is 2. The number of quaternary nitrogens is 2. The molecular formula is C31H47N5O6. The van der Waals surface area contributed by atoms with Gasteiger partial charge in [0.25, 0.3) is 5.56 Å². The highest BCUT2D eigenvalue weighted by molar-refractivity contribution is 6.32. The second kappa shape index (κ2) is 14.8. The van der Waals surface area contributed by atoms with Gasteiger partial charge in [-0.2, -0.15) is 0 Å². The number of ketones is 2. The molecule has 0 unspecified atom stereocenters. The van der Waals surface area contributed by atoms with Crippen molar-refractivity contribution >= 4 is 22.9 Å². The average molecular weight is 586 g/mol. The number of nitrogens with zero attached hydrogens (tertiary/aromatic N) is 2. The van der Waals surface area contributed by atoms with Crippen molar-refractivity contribution in [3.63, 3.8) is 0 Å². The molecule has 11 nitrogen and oxygen atoms in total. The maximum Gasteiger partial charge on any atom is 0.260 e. The number of hydrogen-bond acceptors (Lipinski definition) is 8. The fourth-order valence-corrected chi connectivity index (χ4v) is 5.37. The summed E-state index contributed by atoms with van der Waals surface area (Å²) >= 11 is 0. The molecule has 0 aliphatic heterocycles. The molecule has 1 aromatic heterocycles. The zero-order chi connectivity index (χ0) is 30.9. The molecule has 4 N–H and O–H groups in total.